The van der Waals surface area contributed by atoms with Crippen LogP contribution in [0.4, 0.5) is 0 Å². The molecule has 0 saturated carbocycles. The molecular weight excluding hydrogens is 294 g/mol. The first-order valence-electron chi connectivity index (χ1n) is 8.91. The Kier molecular flexibility index (Phi) is 6.30. The van der Waals surface area contributed by atoms with E-state index in [-0.39, 0.29) is 0 Å². The van der Waals surface area contributed by atoms with Gasteiger partial charge < -0.3 is 0 Å². The Morgan fingerprint density at radius 3 is 1.88 bits per heavy atom. The molecule has 3 heteroatoms. The van der Waals surface area contributed by atoms with Gasteiger partial charge in [-0.3, -0.25) is 0 Å². The molecule has 1 aliphatic carbocycles. The number of nitrogens with zero attached hydrogens (tertiary/aromatic N) is 3. The maximum atomic E-state index is 4.41. The highest BCUT2D eigenvalue weighted by atomic mass is 15.4. The van der Waals surface area contributed by atoms with E-state index in [1.165, 1.54) is 22.3 Å². The molecule has 1 aliphatic rings. The lowest BCUT2D eigenvalue weighted by atomic mass is 9.89. The van der Waals surface area contributed by atoms with Crippen LogP contribution in [-0.4, -0.2) is 15.0 Å². The minimum absolute atomic E-state index is 0.996. The van der Waals surface area contributed by atoms with Gasteiger partial charge in [0.1, 0.15) is 5.69 Å². The van der Waals surface area contributed by atoms with Crippen molar-refractivity contribution in [2.24, 2.45) is 7.05 Å². The van der Waals surface area contributed by atoms with E-state index in [4.69, 9.17) is 0 Å². The van der Waals surface area contributed by atoms with Crippen LogP contribution in [-0.2, 0) is 19.9 Å². The van der Waals surface area contributed by atoms with Crippen molar-refractivity contribution in [2.75, 3.05) is 0 Å². The van der Waals surface area contributed by atoms with Crippen molar-refractivity contribution in [3.8, 4) is 22.5 Å². The zero-order chi connectivity index (χ0) is 17.5. The van der Waals surface area contributed by atoms with Crippen LogP contribution in [0.1, 0.15) is 38.8 Å². The van der Waals surface area contributed by atoms with Gasteiger partial charge in [-0.1, -0.05) is 81.4 Å². The Bertz CT molecular complexity index is 787. The van der Waals surface area contributed by atoms with E-state index in [1.807, 2.05) is 39.4 Å². The largest absolute Gasteiger partial charge is 0.247 e. The number of aryl methyl sites for hydroxylation is 3. The number of aromatic nitrogens is 3. The van der Waals surface area contributed by atoms with Crippen molar-refractivity contribution in [3.05, 3.63) is 59.7 Å². The fourth-order valence-corrected chi connectivity index (χ4v) is 3.05. The van der Waals surface area contributed by atoms with E-state index in [1.54, 1.807) is 0 Å². The summed E-state index contributed by atoms with van der Waals surface area (Å²) in [6.45, 7) is 8.00. The van der Waals surface area contributed by atoms with Crippen LogP contribution in [0.25, 0.3) is 22.5 Å². The minimum Gasteiger partial charge on any atom is -0.247 e. The second-order valence-corrected chi connectivity index (χ2v) is 5.22. The third-order valence-electron chi connectivity index (χ3n) is 4.04. The lowest BCUT2D eigenvalue weighted by molar-refractivity contribution is 0.720. The van der Waals surface area contributed by atoms with Gasteiger partial charge in [0.15, 0.2) is 0 Å². The standard InChI is InChI=1S/C17H15N3.2C2H6/c1-20-17-15-9-5-3-7-13(15)11-10-12-6-2-4-8-14(12)16(17)18-19-20;2*1-2/h2-9H,10-11H2,1H3;2*1-2H3. The maximum absolute atomic E-state index is 4.41. The van der Waals surface area contributed by atoms with Crippen molar-refractivity contribution >= 4 is 0 Å². The number of hydrogen-bond donors (Lipinski definition) is 0. The molecule has 0 radical (unpaired) electrons. The van der Waals surface area contributed by atoms with E-state index in [0.29, 0.717) is 0 Å². The van der Waals surface area contributed by atoms with Gasteiger partial charge in [-0.05, 0) is 24.0 Å². The summed E-state index contributed by atoms with van der Waals surface area (Å²) in [4.78, 5) is 0. The van der Waals surface area contributed by atoms with Crippen LogP contribution in [0, 0.1) is 0 Å². The highest BCUT2D eigenvalue weighted by Gasteiger charge is 2.21. The summed E-state index contributed by atoms with van der Waals surface area (Å²) >= 11 is 0. The highest BCUT2D eigenvalue weighted by Crippen LogP contribution is 2.36. The summed E-state index contributed by atoms with van der Waals surface area (Å²) in [5.41, 5.74) is 7.30. The van der Waals surface area contributed by atoms with Crippen molar-refractivity contribution < 1.29 is 0 Å². The molecule has 2 aromatic carbocycles. The lowest BCUT2D eigenvalue weighted by Crippen LogP contribution is -2.03. The lowest BCUT2D eigenvalue weighted by Gasteiger charge is -2.16. The second kappa shape index (κ2) is 8.44. The van der Waals surface area contributed by atoms with E-state index in [2.05, 4.69) is 58.8 Å². The molecule has 3 aromatic rings. The Hall–Kier alpha value is -2.42. The first-order valence-corrected chi connectivity index (χ1v) is 8.91. The molecule has 4 rings (SSSR count). The summed E-state index contributed by atoms with van der Waals surface area (Å²) in [7, 11) is 1.97. The molecule has 0 fully saturated rings. The Labute approximate surface area is 145 Å². The second-order valence-electron chi connectivity index (χ2n) is 5.22. The molecule has 24 heavy (non-hydrogen) atoms. The molecule has 1 heterocycles. The van der Waals surface area contributed by atoms with Crippen LogP contribution in [0.3, 0.4) is 0 Å². The smallest absolute Gasteiger partial charge is 0.121 e. The maximum Gasteiger partial charge on any atom is 0.121 e. The van der Waals surface area contributed by atoms with Gasteiger partial charge >= 0.3 is 0 Å². The molecule has 0 amide bonds. The molecule has 0 saturated heterocycles. The Balaban J connectivity index is 0.000000487. The number of fused-ring (bicyclic) bond motifs is 5. The molecule has 0 bridgehead atoms. The van der Waals surface area contributed by atoms with Gasteiger partial charge in [-0.15, -0.1) is 5.10 Å². The van der Waals surface area contributed by atoms with Crippen molar-refractivity contribution in [2.45, 2.75) is 40.5 Å². The monoisotopic (exact) mass is 321 g/mol. The van der Waals surface area contributed by atoms with Gasteiger partial charge in [-0.2, -0.15) is 0 Å². The fraction of sp³-hybridized carbons (Fsp3) is 0.333. The predicted octanol–water partition coefficient (Wildman–Crippen LogP) is 5.30. The van der Waals surface area contributed by atoms with E-state index in [0.717, 1.165) is 24.2 Å². The molecule has 1 aromatic heterocycles. The fourth-order valence-electron chi connectivity index (χ4n) is 3.05. The molecule has 0 atom stereocenters. The van der Waals surface area contributed by atoms with Crippen LogP contribution in [0.5, 0.6) is 0 Å². The number of hydrogen-bond acceptors (Lipinski definition) is 2. The van der Waals surface area contributed by atoms with Gasteiger partial charge in [0.2, 0.25) is 0 Å². The molecule has 0 N–H and O–H groups in total. The van der Waals surface area contributed by atoms with Crippen molar-refractivity contribution in [3.63, 3.8) is 0 Å². The topological polar surface area (TPSA) is 30.7 Å². The van der Waals surface area contributed by atoms with E-state index in [9.17, 15) is 0 Å². The third kappa shape index (κ3) is 3.25. The van der Waals surface area contributed by atoms with Gasteiger partial charge in [0.05, 0.1) is 5.69 Å². The molecule has 0 spiro atoms. The zero-order valence-corrected chi connectivity index (χ0v) is 15.4. The summed E-state index contributed by atoms with van der Waals surface area (Å²) in [6.07, 6.45) is 2.10. The summed E-state index contributed by atoms with van der Waals surface area (Å²) in [5.74, 6) is 0. The summed E-state index contributed by atoms with van der Waals surface area (Å²) < 4.78 is 1.89. The zero-order valence-electron chi connectivity index (χ0n) is 15.4. The van der Waals surface area contributed by atoms with Crippen LogP contribution >= 0.6 is 0 Å². The highest BCUT2D eigenvalue weighted by molar-refractivity contribution is 5.82. The van der Waals surface area contributed by atoms with Crippen molar-refractivity contribution in [1.82, 2.24) is 15.0 Å². The van der Waals surface area contributed by atoms with Gasteiger partial charge in [0.25, 0.3) is 0 Å². The quantitative estimate of drug-likeness (QED) is 0.562. The molecule has 0 unspecified atom stereocenters. The van der Waals surface area contributed by atoms with Crippen molar-refractivity contribution in [1.29, 1.82) is 0 Å². The molecule has 126 valence electrons. The van der Waals surface area contributed by atoms with Gasteiger partial charge in [0, 0.05) is 18.2 Å². The van der Waals surface area contributed by atoms with E-state index >= 15 is 0 Å². The Morgan fingerprint density at radius 1 is 0.750 bits per heavy atom. The minimum atomic E-state index is 0.996. The SMILES string of the molecule is CC.CC.Cn1nnc2c1-c1ccccc1CCc1ccccc1-2. The normalized spacial score (nSPS) is 11.2. The average molecular weight is 321 g/mol. The van der Waals surface area contributed by atoms with E-state index < -0.39 is 0 Å². The van der Waals surface area contributed by atoms with Crippen LogP contribution < -0.4 is 0 Å². The molecular formula is C21H27N3. The summed E-state index contributed by atoms with van der Waals surface area (Å²) in [6, 6.07) is 17.1. The number of benzene rings is 2. The van der Waals surface area contributed by atoms with Crippen LogP contribution in [0.2, 0.25) is 0 Å². The number of rotatable bonds is 0. The molecule has 3 nitrogen and oxygen atoms in total. The first kappa shape index (κ1) is 17.9. The summed E-state index contributed by atoms with van der Waals surface area (Å²) in [5, 5.41) is 8.66. The Morgan fingerprint density at radius 2 is 1.25 bits per heavy atom. The molecule has 0 aliphatic heterocycles. The predicted molar refractivity (Wildman–Crippen MR) is 102 cm³/mol. The average Bonchev–Trinajstić information content (AvgIpc) is 3.03. The third-order valence-corrected chi connectivity index (χ3v) is 4.04. The first-order chi connectivity index (χ1) is 11.8. The van der Waals surface area contributed by atoms with Crippen LogP contribution in [0.15, 0.2) is 48.5 Å². The van der Waals surface area contributed by atoms with Gasteiger partial charge in [-0.25, -0.2) is 4.68 Å².